The standard InChI is InChI=1S/C20H26N2O4/c1-24-17-7-19-18(25-12-26-19)6-15(17)10-21-9-14-4-5-16(11-21)22(20(14)23)8-13-2-3-13/h6-7,13-14,16H,2-5,8-12H2,1H3/t14-,16+/m1/s1. The zero-order chi connectivity index (χ0) is 17.7. The zero-order valence-electron chi connectivity index (χ0n) is 15.3. The Morgan fingerprint density at radius 3 is 2.69 bits per heavy atom. The fourth-order valence-electron chi connectivity index (χ4n) is 4.60. The summed E-state index contributed by atoms with van der Waals surface area (Å²) >= 11 is 0. The monoisotopic (exact) mass is 358 g/mol. The van der Waals surface area contributed by atoms with Crippen LogP contribution in [-0.2, 0) is 11.3 Å². The van der Waals surface area contributed by atoms with Gasteiger partial charge in [0.15, 0.2) is 11.5 Å². The lowest BCUT2D eigenvalue weighted by Crippen LogP contribution is -2.48. The van der Waals surface area contributed by atoms with E-state index < -0.39 is 0 Å². The molecule has 140 valence electrons. The fraction of sp³-hybridized carbons (Fsp3) is 0.650. The van der Waals surface area contributed by atoms with Crippen molar-refractivity contribution in [2.45, 2.75) is 38.3 Å². The van der Waals surface area contributed by atoms with Crippen LogP contribution in [0, 0.1) is 11.8 Å². The summed E-state index contributed by atoms with van der Waals surface area (Å²) in [5.41, 5.74) is 1.10. The molecular formula is C20H26N2O4. The van der Waals surface area contributed by atoms with E-state index in [-0.39, 0.29) is 12.7 Å². The Balaban J connectivity index is 1.36. The van der Waals surface area contributed by atoms with Crippen LogP contribution >= 0.6 is 0 Å². The molecule has 5 aliphatic rings. The molecule has 2 atom stereocenters. The van der Waals surface area contributed by atoms with Gasteiger partial charge in [0.2, 0.25) is 12.7 Å². The third-order valence-corrected chi connectivity index (χ3v) is 6.19. The van der Waals surface area contributed by atoms with Crippen LogP contribution < -0.4 is 14.2 Å². The summed E-state index contributed by atoms with van der Waals surface area (Å²) in [6, 6.07) is 4.30. The van der Waals surface area contributed by atoms with Gasteiger partial charge >= 0.3 is 0 Å². The second-order valence-corrected chi connectivity index (χ2v) is 8.07. The van der Waals surface area contributed by atoms with Gasteiger partial charge in [-0.05, 0) is 37.7 Å². The van der Waals surface area contributed by atoms with Gasteiger partial charge in [-0.3, -0.25) is 9.69 Å². The van der Waals surface area contributed by atoms with Crippen LogP contribution in [0.3, 0.4) is 0 Å². The van der Waals surface area contributed by atoms with Gasteiger partial charge in [-0.15, -0.1) is 0 Å². The number of carbonyl (C=O) groups is 1. The summed E-state index contributed by atoms with van der Waals surface area (Å²) in [6.07, 6.45) is 4.75. The predicted octanol–water partition coefficient (Wildman–Crippen LogP) is 2.26. The van der Waals surface area contributed by atoms with Gasteiger partial charge < -0.3 is 19.1 Å². The normalized spacial score (nSPS) is 27.7. The lowest BCUT2D eigenvalue weighted by molar-refractivity contribution is -0.140. The van der Waals surface area contributed by atoms with Gasteiger partial charge in [0.25, 0.3) is 0 Å². The fourth-order valence-corrected chi connectivity index (χ4v) is 4.60. The molecule has 0 unspecified atom stereocenters. The Hall–Kier alpha value is -1.95. The van der Waals surface area contributed by atoms with Crippen LogP contribution in [0.5, 0.6) is 17.2 Å². The minimum Gasteiger partial charge on any atom is -0.496 e. The van der Waals surface area contributed by atoms with Crippen molar-refractivity contribution in [2.75, 3.05) is 33.5 Å². The second-order valence-electron chi connectivity index (χ2n) is 8.07. The molecule has 0 aromatic heterocycles. The van der Waals surface area contributed by atoms with E-state index in [1.54, 1.807) is 7.11 Å². The summed E-state index contributed by atoms with van der Waals surface area (Å²) in [5.74, 6) is 3.63. The van der Waals surface area contributed by atoms with Gasteiger partial charge in [-0.1, -0.05) is 0 Å². The van der Waals surface area contributed by atoms with Crippen molar-refractivity contribution in [3.63, 3.8) is 0 Å². The SMILES string of the molecule is COc1cc2c(cc1CN1C[C@H]3CC[C@@H](C1)N(CC1CC1)C3=O)OCO2. The number of fused-ring (bicyclic) bond motifs is 5. The molecule has 0 radical (unpaired) electrons. The Kier molecular flexibility index (Phi) is 3.96. The highest BCUT2D eigenvalue weighted by molar-refractivity contribution is 5.80. The topological polar surface area (TPSA) is 51.2 Å². The molecule has 4 heterocycles. The van der Waals surface area contributed by atoms with Crippen LogP contribution in [0.1, 0.15) is 31.2 Å². The van der Waals surface area contributed by atoms with Crippen molar-refractivity contribution in [1.29, 1.82) is 0 Å². The van der Waals surface area contributed by atoms with E-state index in [0.717, 1.165) is 67.8 Å². The van der Waals surface area contributed by atoms with Gasteiger partial charge in [0.05, 0.1) is 13.0 Å². The van der Waals surface area contributed by atoms with Gasteiger partial charge in [0, 0.05) is 43.9 Å². The second kappa shape index (κ2) is 6.34. The molecule has 1 aliphatic carbocycles. The lowest BCUT2D eigenvalue weighted by atomic mass is 9.94. The first-order chi connectivity index (χ1) is 12.7. The quantitative estimate of drug-likeness (QED) is 0.808. The first-order valence-electron chi connectivity index (χ1n) is 9.70. The number of carbonyl (C=O) groups excluding carboxylic acids is 1. The van der Waals surface area contributed by atoms with E-state index in [1.807, 2.05) is 12.1 Å². The van der Waals surface area contributed by atoms with Crippen LogP contribution in [0.25, 0.3) is 0 Å². The molecule has 0 spiro atoms. The molecule has 6 nitrogen and oxygen atoms in total. The number of benzene rings is 1. The molecule has 4 aliphatic heterocycles. The van der Waals surface area contributed by atoms with Gasteiger partial charge in [-0.2, -0.15) is 0 Å². The average Bonchev–Trinajstić information content (AvgIpc) is 3.40. The molecule has 6 heteroatoms. The Morgan fingerprint density at radius 2 is 1.92 bits per heavy atom. The summed E-state index contributed by atoms with van der Waals surface area (Å²) in [6.45, 7) is 3.81. The van der Waals surface area contributed by atoms with Crippen molar-refractivity contribution in [3.05, 3.63) is 17.7 Å². The van der Waals surface area contributed by atoms with Crippen molar-refractivity contribution in [3.8, 4) is 17.2 Å². The lowest BCUT2D eigenvalue weighted by Gasteiger charge is -2.36. The van der Waals surface area contributed by atoms with Crippen molar-refractivity contribution < 1.29 is 19.0 Å². The number of rotatable bonds is 5. The zero-order valence-corrected chi connectivity index (χ0v) is 15.3. The highest BCUT2D eigenvalue weighted by Gasteiger charge is 2.42. The van der Waals surface area contributed by atoms with E-state index in [2.05, 4.69) is 9.80 Å². The van der Waals surface area contributed by atoms with Crippen molar-refractivity contribution >= 4 is 5.91 Å². The molecule has 6 rings (SSSR count). The van der Waals surface area contributed by atoms with Gasteiger partial charge in [-0.25, -0.2) is 0 Å². The van der Waals surface area contributed by atoms with E-state index in [0.29, 0.717) is 11.9 Å². The Bertz CT molecular complexity index is 718. The molecule has 1 amide bonds. The number of hydrogen-bond acceptors (Lipinski definition) is 5. The van der Waals surface area contributed by atoms with Crippen LogP contribution in [0.2, 0.25) is 0 Å². The number of amides is 1. The third-order valence-electron chi connectivity index (χ3n) is 6.19. The van der Waals surface area contributed by atoms with Crippen LogP contribution in [0.4, 0.5) is 0 Å². The molecule has 0 N–H and O–H groups in total. The number of ether oxygens (including phenoxy) is 3. The molecule has 1 aromatic rings. The maximum Gasteiger partial charge on any atom is 0.231 e. The summed E-state index contributed by atoms with van der Waals surface area (Å²) in [7, 11) is 1.69. The van der Waals surface area contributed by atoms with Crippen molar-refractivity contribution in [2.24, 2.45) is 11.8 Å². The first-order valence-corrected chi connectivity index (χ1v) is 9.70. The summed E-state index contributed by atoms with van der Waals surface area (Å²) < 4.78 is 16.6. The molecular weight excluding hydrogens is 332 g/mol. The number of methoxy groups -OCH3 is 1. The highest BCUT2D eigenvalue weighted by Crippen LogP contribution is 2.40. The predicted molar refractivity (Wildman–Crippen MR) is 95.3 cm³/mol. The number of nitrogens with zero attached hydrogens (tertiary/aromatic N) is 2. The Labute approximate surface area is 154 Å². The molecule has 2 bridgehead atoms. The summed E-state index contributed by atoms with van der Waals surface area (Å²) in [4.78, 5) is 17.5. The van der Waals surface area contributed by atoms with E-state index >= 15 is 0 Å². The minimum absolute atomic E-state index is 0.146. The molecule has 1 saturated carbocycles. The Morgan fingerprint density at radius 1 is 1.12 bits per heavy atom. The smallest absolute Gasteiger partial charge is 0.231 e. The van der Waals surface area contributed by atoms with Crippen molar-refractivity contribution in [1.82, 2.24) is 9.80 Å². The highest BCUT2D eigenvalue weighted by atomic mass is 16.7. The molecule has 26 heavy (non-hydrogen) atoms. The van der Waals surface area contributed by atoms with E-state index in [1.165, 1.54) is 12.8 Å². The van der Waals surface area contributed by atoms with Crippen LogP contribution in [0.15, 0.2) is 12.1 Å². The largest absolute Gasteiger partial charge is 0.496 e. The number of piperidine rings is 1. The van der Waals surface area contributed by atoms with E-state index in [4.69, 9.17) is 14.2 Å². The molecule has 3 saturated heterocycles. The number of hydrogen-bond donors (Lipinski definition) is 0. The summed E-state index contributed by atoms with van der Waals surface area (Å²) in [5, 5.41) is 0. The molecule has 4 fully saturated rings. The van der Waals surface area contributed by atoms with E-state index in [9.17, 15) is 4.79 Å². The van der Waals surface area contributed by atoms with Gasteiger partial charge in [0.1, 0.15) is 5.75 Å². The minimum atomic E-state index is 0.146. The molecule has 1 aromatic carbocycles. The third kappa shape index (κ3) is 2.90. The maximum absolute atomic E-state index is 12.9. The van der Waals surface area contributed by atoms with Crippen LogP contribution in [-0.4, -0.2) is 55.3 Å². The first kappa shape index (κ1) is 16.2. The average molecular weight is 358 g/mol. The maximum atomic E-state index is 12.9.